The Kier molecular flexibility index (Phi) is 13.0. The third-order valence-electron chi connectivity index (χ3n) is 0.0913. The van der Waals surface area contributed by atoms with Gasteiger partial charge in [0.15, 0.2) is 0 Å². The van der Waals surface area contributed by atoms with E-state index in [1.807, 2.05) is 5.92 Å². The van der Waals surface area contributed by atoms with Gasteiger partial charge in [-0.3, -0.25) is 4.21 Å². The second kappa shape index (κ2) is 9.83. The highest BCUT2D eigenvalue weighted by Crippen LogP contribution is 1.47. The largest absolute Gasteiger partial charge is 0.384 e. The van der Waals surface area contributed by atoms with Crippen molar-refractivity contribution in [1.29, 1.82) is 0 Å². The number of rotatable bonds is 0. The molecule has 0 saturated heterocycles. The number of hydrogen-bond acceptors (Lipinski definition) is 2. The lowest BCUT2D eigenvalue weighted by Gasteiger charge is -1.60. The third-order valence-corrected chi connectivity index (χ3v) is 0.0913. The van der Waals surface area contributed by atoms with Crippen LogP contribution in [0.5, 0.6) is 0 Å². The molecule has 0 amide bonds. The minimum absolute atomic E-state index is 0.153. The van der Waals surface area contributed by atoms with Gasteiger partial charge in [0.1, 0.15) is 6.61 Å². The molecule has 0 aliphatic heterocycles. The smallest absolute Gasteiger partial charge is 0.103 e. The van der Waals surface area contributed by atoms with E-state index in [1.165, 1.54) is 0 Å². The summed E-state index contributed by atoms with van der Waals surface area (Å²) in [5, 5.41) is 7.64. The van der Waals surface area contributed by atoms with Crippen molar-refractivity contribution in [2.24, 2.45) is 0 Å². The van der Waals surface area contributed by atoms with E-state index >= 15 is 0 Å². The molecule has 0 aliphatic rings. The molecule has 0 heterocycles. The van der Waals surface area contributed by atoms with Crippen LogP contribution in [0.25, 0.3) is 0 Å². The first kappa shape index (κ1) is 10.6. The predicted octanol–water partition coefficient (Wildman–Crippen LogP) is -0.393. The summed E-state index contributed by atoms with van der Waals surface area (Å²) in [5.41, 5.74) is 0. The summed E-state index contributed by atoms with van der Waals surface area (Å²) >= 11 is 0. The number of hydrogen-bond donors (Lipinski definition) is 1. The molecule has 8 heavy (non-hydrogen) atoms. The van der Waals surface area contributed by atoms with Crippen molar-refractivity contribution in [3.63, 3.8) is 0 Å². The fourth-order valence-electron chi connectivity index (χ4n) is 0. The van der Waals surface area contributed by atoms with Gasteiger partial charge in [0.05, 0.1) is 0 Å². The Labute approximate surface area is 52.4 Å². The Hall–Kier alpha value is -0.330. The normalized spacial score (nSPS) is 6.88. The van der Waals surface area contributed by atoms with Crippen LogP contribution in [0.15, 0.2) is 0 Å². The molecule has 2 nitrogen and oxygen atoms in total. The highest BCUT2D eigenvalue weighted by atomic mass is 32.2. The Morgan fingerprint density at radius 2 is 1.88 bits per heavy atom. The first-order chi connectivity index (χ1) is 3.65. The molecule has 0 spiro atoms. The van der Waals surface area contributed by atoms with Crippen molar-refractivity contribution in [3.8, 4) is 12.3 Å². The maximum Gasteiger partial charge on any atom is 0.103 e. The van der Waals surface area contributed by atoms with Crippen molar-refractivity contribution < 1.29 is 9.32 Å². The zero-order valence-corrected chi connectivity index (χ0v) is 5.86. The number of terminal acetylenes is 1. The average molecular weight is 134 g/mol. The Morgan fingerprint density at radius 3 is 1.88 bits per heavy atom. The second-order valence-electron chi connectivity index (χ2n) is 1.10. The van der Waals surface area contributed by atoms with Gasteiger partial charge < -0.3 is 5.11 Å². The number of aliphatic hydroxyl groups excluding tert-OH is 1. The van der Waals surface area contributed by atoms with Gasteiger partial charge >= 0.3 is 0 Å². The summed E-state index contributed by atoms with van der Waals surface area (Å²) in [7, 11) is -0.611. The molecule has 0 aromatic heterocycles. The molecule has 0 aliphatic carbocycles. The predicted molar refractivity (Wildman–Crippen MR) is 35.9 cm³/mol. The van der Waals surface area contributed by atoms with Crippen LogP contribution < -0.4 is 0 Å². The summed E-state index contributed by atoms with van der Waals surface area (Å²) < 4.78 is 9.56. The minimum Gasteiger partial charge on any atom is -0.384 e. The molecular formula is C5H10O2S. The van der Waals surface area contributed by atoms with E-state index in [9.17, 15) is 4.21 Å². The molecular weight excluding hydrogens is 124 g/mol. The van der Waals surface area contributed by atoms with Crippen LogP contribution >= 0.6 is 0 Å². The van der Waals surface area contributed by atoms with E-state index in [-0.39, 0.29) is 6.61 Å². The molecule has 1 N–H and O–H groups in total. The van der Waals surface area contributed by atoms with E-state index in [1.54, 1.807) is 12.5 Å². The Balaban J connectivity index is 0. The average Bonchev–Trinajstić information content (AvgIpc) is 1.65. The van der Waals surface area contributed by atoms with Crippen LogP contribution in [-0.2, 0) is 10.8 Å². The van der Waals surface area contributed by atoms with Crippen molar-refractivity contribution in [1.82, 2.24) is 0 Å². The molecule has 3 heteroatoms. The lowest BCUT2D eigenvalue weighted by molar-refractivity contribution is 0.351. The van der Waals surface area contributed by atoms with Crippen LogP contribution in [0.2, 0.25) is 0 Å². The highest BCUT2D eigenvalue weighted by molar-refractivity contribution is 7.83. The summed E-state index contributed by atoms with van der Waals surface area (Å²) in [6.45, 7) is -0.153. The molecule has 48 valence electrons. The number of aliphatic hydroxyl groups is 1. The zero-order valence-electron chi connectivity index (χ0n) is 5.05. The molecule has 0 atom stereocenters. The van der Waals surface area contributed by atoms with E-state index < -0.39 is 10.8 Å². The van der Waals surface area contributed by atoms with Gasteiger partial charge in [-0.2, -0.15) is 0 Å². The van der Waals surface area contributed by atoms with Gasteiger partial charge in [-0.15, -0.1) is 6.42 Å². The van der Waals surface area contributed by atoms with Crippen molar-refractivity contribution >= 4 is 10.8 Å². The second-order valence-corrected chi connectivity index (χ2v) is 2.59. The quantitative estimate of drug-likeness (QED) is 0.458. The summed E-state index contributed by atoms with van der Waals surface area (Å²) in [5.74, 6) is 1.99. The summed E-state index contributed by atoms with van der Waals surface area (Å²) in [6, 6.07) is 0. The van der Waals surface area contributed by atoms with E-state index in [0.29, 0.717) is 0 Å². The summed E-state index contributed by atoms with van der Waals surface area (Å²) in [6.07, 6.45) is 7.81. The van der Waals surface area contributed by atoms with Gasteiger partial charge in [0, 0.05) is 23.3 Å². The SMILES string of the molecule is C#CCO.CS(C)=O. The molecule has 0 aromatic carbocycles. The fourth-order valence-corrected chi connectivity index (χ4v) is 0. The van der Waals surface area contributed by atoms with Gasteiger partial charge in [-0.05, 0) is 0 Å². The van der Waals surface area contributed by atoms with Crippen molar-refractivity contribution in [2.75, 3.05) is 19.1 Å². The molecule has 0 bridgehead atoms. The Morgan fingerprint density at radius 1 is 1.75 bits per heavy atom. The topological polar surface area (TPSA) is 37.3 Å². The molecule has 0 rings (SSSR count). The standard InChI is InChI=1S/C3H4O.C2H6OS/c1-2-3-4;1-4(2)3/h1,4H,3H2;1-2H3. The van der Waals surface area contributed by atoms with Gasteiger partial charge in [0.2, 0.25) is 0 Å². The van der Waals surface area contributed by atoms with Gasteiger partial charge in [0.25, 0.3) is 0 Å². The Bertz CT molecular complexity index is 89.1. The van der Waals surface area contributed by atoms with Crippen LogP contribution in [0.1, 0.15) is 0 Å². The maximum absolute atomic E-state index is 9.56. The van der Waals surface area contributed by atoms with Crippen LogP contribution in [-0.4, -0.2) is 28.4 Å². The summed E-state index contributed by atoms with van der Waals surface area (Å²) in [4.78, 5) is 0. The molecule has 0 unspecified atom stereocenters. The monoisotopic (exact) mass is 134 g/mol. The van der Waals surface area contributed by atoms with E-state index in [0.717, 1.165) is 0 Å². The molecule has 0 aromatic rings. The van der Waals surface area contributed by atoms with Crippen molar-refractivity contribution in [3.05, 3.63) is 0 Å². The van der Waals surface area contributed by atoms with Gasteiger partial charge in [-0.25, -0.2) is 0 Å². The molecule has 0 radical (unpaired) electrons. The maximum atomic E-state index is 9.56. The fraction of sp³-hybridized carbons (Fsp3) is 0.600. The van der Waals surface area contributed by atoms with Gasteiger partial charge in [-0.1, -0.05) is 5.92 Å². The van der Waals surface area contributed by atoms with Crippen molar-refractivity contribution in [2.45, 2.75) is 0 Å². The van der Waals surface area contributed by atoms with Crippen LogP contribution in [0, 0.1) is 12.3 Å². The van der Waals surface area contributed by atoms with Crippen LogP contribution in [0.4, 0.5) is 0 Å². The minimum atomic E-state index is -0.611. The van der Waals surface area contributed by atoms with E-state index in [4.69, 9.17) is 5.11 Å². The highest BCUT2D eigenvalue weighted by Gasteiger charge is 1.57. The lowest BCUT2D eigenvalue weighted by Crippen LogP contribution is -1.70. The first-order valence-corrected chi connectivity index (χ1v) is 3.91. The first-order valence-electron chi connectivity index (χ1n) is 1.94. The van der Waals surface area contributed by atoms with E-state index in [2.05, 4.69) is 6.42 Å². The zero-order chi connectivity index (χ0) is 6.99. The third kappa shape index (κ3) is 275. The molecule has 0 saturated carbocycles. The van der Waals surface area contributed by atoms with Crippen LogP contribution in [0.3, 0.4) is 0 Å². The lowest BCUT2D eigenvalue weighted by atomic mass is 10.8. The molecule has 0 fully saturated rings.